The predicted octanol–water partition coefficient (Wildman–Crippen LogP) is 3.60. The quantitative estimate of drug-likeness (QED) is 0.750. The summed E-state index contributed by atoms with van der Waals surface area (Å²) in [7, 11) is 0. The first-order valence-electron chi connectivity index (χ1n) is 6.56. The summed E-state index contributed by atoms with van der Waals surface area (Å²) in [6, 6.07) is 16.4. The first kappa shape index (κ1) is 12.9. The maximum Gasteiger partial charge on any atom is 0.255 e. The minimum atomic E-state index is -0.189. The third-order valence-electron chi connectivity index (χ3n) is 3.27. The molecular formula is C17H13N3O. The molecule has 1 amide bonds. The van der Waals surface area contributed by atoms with Gasteiger partial charge < -0.3 is 10.3 Å². The number of aryl methyl sites for hydroxylation is 1. The molecule has 0 fully saturated rings. The van der Waals surface area contributed by atoms with E-state index in [1.54, 1.807) is 30.3 Å². The number of fused-ring (bicyclic) bond motifs is 1. The molecule has 102 valence electrons. The van der Waals surface area contributed by atoms with Crippen molar-refractivity contribution in [3.05, 3.63) is 65.4 Å². The van der Waals surface area contributed by atoms with Gasteiger partial charge in [0.2, 0.25) is 0 Å². The molecule has 3 aromatic rings. The number of amides is 1. The summed E-state index contributed by atoms with van der Waals surface area (Å²) in [6.07, 6.45) is 0. The van der Waals surface area contributed by atoms with E-state index in [-0.39, 0.29) is 5.91 Å². The van der Waals surface area contributed by atoms with Crippen LogP contribution in [0.4, 0.5) is 5.69 Å². The van der Waals surface area contributed by atoms with Gasteiger partial charge in [-0.2, -0.15) is 5.26 Å². The number of hydrogen-bond acceptors (Lipinski definition) is 2. The van der Waals surface area contributed by atoms with Crippen LogP contribution in [0, 0.1) is 18.3 Å². The molecule has 0 aliphatic carbocycles. The van der Waals surface area contributed by atoms with Crippen molar-refractivity contribution in [2.24, 2.45) is 0 Å². The molecule has 0 spiro atoms. The number of aromatic nitrogens is 1. The lowest BCUT2D eigenvalue weighted by molar-refractivity contribution is 0.102. The minimum Gasteiger partial charge on any atom is -0.359 e. The van der Waals surface area contributed by atoms with Crippen molar-refractivity contribution < 1.29 is 4.79 Å². The maximum absolute atomic E-state index is 12.3. The Morgan fingerprint density at radius 2 is 2.05 bits per heavy atom. The highest BCUT2D eigenvalue weighted by Gasteiger charge is 2.08. The number of hydrogen-bond donors (Lipinski definition) is 2. The standard InChI is InChI=1S/C17H13N3O/c1-11-7-14-9-13(5-6-16(14)19-11)17(21)20-15-4-2-3-12(8-15)10-18/h2-9,19H,1H3,(H,20,21). The Balaban J connectivity index is 1.87. The fourth-order valence-corrected chi connectivity index (χ4v) is 2.29. The summed E-state index contributed by atoms with van der Waals surface area (Å²) in [5.74, 6) is -0.189. The fourth-order valence-electron chi connectivity index (χ4n) is 2.29. The molecule has 1 aromatic heterocycles. The largest absolute Gasteiger partial charge is 0.359 e. The summed E-state index contributed by atoms with van der Waals surface area (Å²) in [4.78, 5) is 15.5. The predicted molar refractivity (Wildman–Crippen MR) is 82.1 cm³/mol. The second-order valence-electron chi connectivity index (χ2n) is 4.90. The molecule has 21 heavy (non-hydrogen) atoms. The fraction of sp³-hybridized carbons (Fsp3) is 0.0588. The lowest BCUT2D eigenvalue weighted by Crippen LogP contribution is -2.11. The highest BCUT2D eigenvalue weighted by atomic mass is 16.1. The summed E-state index contributed by atoms with van der Waals surface area (Å²) in [5.41, 5.74) is 3.79. The van der Waals surface area contributed by atoms with Gasteiger partial charge in [0.25, 0.3) is 5.91 Å². The van der Waals surface area contributed by atoms with Crippen LogP contribution in [-0.4, -0.2) is 10.9 Å². The first-order valence-corrected chi connectivity index (χ1v) is 6.56. The van der Waals surface area contributed by atoms with Crippen molar-refractivity contribution in [3.63, 3.8) is 0 Å². The van der Waals surface area contributed by atoms with E-state index in [9.17, 15) is 4.79 Å². The van der Waals surface area contributed by atoms with Gasteiger partial charge in [-0.25, -0.2) is 0 Å². The van der Waals surface area contributed by atoms with E-state index in [2.05, 4.69) is 16.4 Å². The summed E-state index contributed by atoms with van der Waals surface area (Å²) in [6.45, 7) is 1.98. The van der Waals surface area contributed by atoms with Crippen LogP contribution in [0.3, 0.4) is 0 Å². The van der Waals surface area contributed by atoms with E-state index in [1.165, 1.54) is 0 Å². The van der Waals surface area contributed by atoms with Gasteiger partial charge in [-0.05, 0) is 49.4 Å². The Hall–Kier alpha value is -3.06. The molecule has 4 nitrogen and oxygen atoms in total. The number of nitrogens with one attached hydrogen (secondary N) is 2. The van der Waals surface area contributed by atoms with E-state index in [1.807, 2.05) is 25.1 Å². The molecule has 0 saturated carbocycles. The van der Waals surface area contributed by atoms with E-state index in [0.717, 1.165) is 16.6 Å². The molecule has 0 aliphatic heterocycles. The van der Waals surface area contributed by atoms with E-state index in [0.29, 0.717) is 16.8 Å². The zero-order chi connectivity index (χ0) is 14.8. The molecule has 0 unspecified atom stereocenters. The summed E-state index contributed by atoms with van der Waals surface area (Å²) >= 11 is 0. The number of nitriles is 1. The van der Waals surface area contributed by atoms with Crippen molar-refractivity contribution in [3.8, 4) is 6.07 Å². The molecule has 2 aromatic carbocycles. The average molecular weight is 275 g/mol. The number of nitrogens with zero attached hydrogens (tertiary/aromatic N) is 1. The average Bonchev–Trinajstić information content (AvgIpc) is 2.86. The third kappa shape index (κ3) is 2.63. The zero-order valence-electron chi connectivity index (χ0n) is 11.5. The molecule has 2 N–H and O–H groups in total. The number of carbonyl (C=O) groups excluding carboxylic acids is 1. The normalized spacial score (nSPS) is 10.3. The van der Waals surface area contributed by atoms with Gasteiger partial charge in [0.05, 0.1) is 11.6 Å². The molecule has 1 heterocycles. The Morgan fingerprint density at radius 1 is 1.19 bits per heavy atom. The Morgan fingerprint density at radius 3 is 2.86 bits per heavy atom. The van der Waals surface area contributed by atoms with Gasteiger partial charge >= 0.3 is 0 Å². The number of aromatic amines is 1. The zero-order valence-corrected chi connectivity index (χ0v) is 11.5. The highest BCUT2D eigenvalue weighted by molar-refractivity contribution is 6.06. The molecular weight excluding hydrogens is 262 g/mol. The van der Waals surface area contributed by atoms with Crippen LogP contribution < -0.4 is 5.32 Å². The van der Waals surface area contributed by atoms with Gasteiger partial charge in [0.1, 0.15) is 0 Å². The van der Waals surface area contributed by atoms with Gasteiger partial charge in [-0.1, -0.05) is 6.07 Å². The first-order chi connectivity index (χ1) is 10.2. The molecule has 0 atom stereocenters. The molecule has 0 bridgehead atoms. The number of anilines is 1. The highest BCUT2D eigenvalue weighted by Crippen LogP contribution is 2.18. The topological polar surface area (TPSA) is 68.7 Å². The van der Waals surface area contributed by atoms with Gasteiger partial charge in [-0.3, -0.25) is 4.79 Å². The van der Waals surface area contributed by atoms with E-state index in [4.69, 9.17) is 5.26 Å². The molecule has 3 rings (SSSR count). The lowest BCUT2D eigenvalue weighted by Gasteiger charge is -2.05. The molecule has 4 heteroatoms. The number of carbonyl (C=O) groups is 1. The van der Waals surface area contributed by atoms with Crippen LogP contribution in [0.5, 0.6) is 0 Å². The summed E-state index contributed by atoms with van der Waals surface area (Å²) in [5, 5.41) is 12.7. The van der Waals surface area contributed by atoms with Crippen LogP contribution >= 0.6 is 0 Å². The van der Waals surface area contributed by atoms with Crippen molar-refractivity contribution in [2.45, 2.75) is 6.92 Å². The Kier molecular flexibility index (Phi) is 3.17. The van der Waals surface area contributed by atoms with E-state index < -0.39 is 0 Å². The van der Waals surface area contributed by atoms with Crippen LogP contribution in [0.2, 0.25) is 0 Å². The monoisotopic (exact) mass is 275 g/mol. The second-order valence-corrected chi connectivity index (χ2v) is 4.90. The smallest absolute Gasteiger partial charge is 0.255 e. The van der Waals surface area contributed by atoms with Crippen LogP contribution in [0.1, 0.15) is 21.6 Å². The van der Waals surface area contributed by atoms with Crippen molar-refractivity contribution in [1.82, 2.24) is 4.98 Å². The Labute approximate surface area is 122 Å². The lowest BCUT2D eigenvalue weighted by atomic mass is 10.1. The van der Waals surface area contributed by atoms with Gasteiger partial charge in [-0.15, -0.1) is 0 Å². The van der Waals surface area contributed by atoms with Crippen LogP contribution in [-0.2, 0) is 0 Å². The third-order valence-corrected chi connectivity index (χ3v) is 3.27. The minimum absolute atomic E-state index is 0.189. The molecule has 0 radical (unpaired) electrons. The SMILES string of the molecule is Cc1cc2cc(C(=O)Nc3cccc(C#N)c3)ccc2[nH]1. The molecule has 0 aliphatic rings. The van der Waals surface area contributed by atoms with E-state index >= 15 is 0 Å². The van der Waals surface area contributed by atoms with Crippen LogP contribution in [0.15, 0.2) is 48.5 Å². The van der Waals surface area contributed by atoms with Gasteiger partial charge in [0, 0.05) is 27.8 Å². The Bertz CT molecular complexity index is 871. The van der Waals surface area contributed by atoms with Crippen LogP contribution in [0.25, 0.3) is 10.9 Å². The van der Waals surface area contributed by atoms with Crippen molar-refractivity contribution in [2.75, 3.05) is 5.32 Å². The maximum atomic E-state index is 12.3. The number of rotatable bonds is 2. The number of H-pyrrole nitrogens is 1. The second kappa shape index (κ2) is 5.14. The number of benzene rings is 2. The molecule has 0 saturated heterocycles. The van der Waals surface area contributed by atoms with Gasteiger partial charge in [0.15, 0.2) is 0 Å². The summed E-state index contributed by atoms with van der Waals surface area (Å²) < 4.78 is 0. The van der Waals surface area contributed by atoms with Crippen molar-refractivity contribution >= 4 is 22.5 Å². The van der Waals surface area contributed by atoms with Crippen molar-refractivity contribution in [1.29, 1.82) is 5.26 Å².